The zero-order valence-corrected chi connectivity index (χ0v) is 21.4. The molecule has 8 nitrogen and oxygen atoms in total. The first-order valence-electron chi connectivity index (χ1n) is 11.4. The fourth-order valence-electron chi connectivity index (χ4n) is 4.23. The summed E-state index contributed by atoms with van der Waals surface area (Å²) in [6.45, 7) is 3.64. The van der Waals surface area contributed by atoms with E-state index in [1.807, 2.05) is 17.9 Å². The topological polar surface area (TPSA) is 87.9 Å². The summed E-state index contributed by atoms with van der Waals surface area (Å²) in [5.41, 5.74) is 0.935. The van der Waals surface area contributed by atoms with Crippen molar-refractivity contribution < 1.29 is 27.8 Å². The van der Waals surface area contributed by atoms with Gasteiger partial charge in [-0.25, -0.2) is 9.78 Å². The van der Waals surface area contributed by atoms with E-state index in [-0.39, 0.29) is 37.1 Å². The summed E-state index contributed by atoms with van der Waals surface area (Å²) in [5.74, 6) is 0.294. The lowest BCUT2D eigenvalue weighted by Crippen LogP contribution is -2.47. The molecule has 0 radical (unpaired) electrons. The van der Waals surface area contributed by atoms with Crippen LogP contribution in [0.2, 0.25) is 5.02 Å². The third-order valence-corrected chi connectivity index (χ3v) is 7.15. The third-order valence-electron chi connectivity index (χ3n) is 5.91. The molecule has 0 atom stereocenters. The molecule has 1 fully saturated rings. The van der Waals surface area contributed by atoms with Gasteiger partial charge in [-0.2, -0.15) is 0 Å². The average molecular weight is 557 g/mol. The highest BCUT2D eigenvalue weighted by atomic mass is 35.5. The zero-order chi connectivity index (χ0) is 26.7. The first kappa shape index (κ1) is 27.1. The fraction of sp³-hybridized carbons (Fsp3) is 0.375. The third kappa shape index (κ3) is 6.68. The van der Waals surface area contributed by atoms with Crippen LogP contribution in [0.4, 0.5) is 18.0 Å². The van der Waals surface area contributed by atoms with Gasteiger partial charge in [0, 0.05) is 42.6 Å². The molecule has 0 spiro atoms. The molecule has 198 valence electrons. The van der Waals surface area contributed by atoms with Crippen molar-refractivity contribution in [3.8, 4) is 5.75 Å². The highest BCUT2D eigenvalue weighted by Crippen LogP contribution is 2.29. The van der Waals surface area contributed by atoms with Crippen LogP contribution in [-0.2, 0) is 13.1 Å². The normalized spacial score (nSPS) is 14.8. The second-order valence-electron chi connectivity index (χ2n) is 8.43. The molecule has 2 heterocycles. The molecule has 4 rings (SSSR count). The van der Waals surface area contributed by atoms with Crippen molar-refractivity contribution in [2.24, 2.45) is 0 Å². The van der Waals surface area contributed by atoms with Crippen LogP contribution in [0.15, 0.2) is 46.3 Å². The van der Waals surface area contributed by atoms with E-state index in [0.717, 1.165) is 22.3 Å². The molecule has 1 aliphatic heterocycles. The molecule has 13 heteroatoms. The number of thioether (sulfide) groups is 1. The van der Waals surface area contributed by atoms with Crippen LogP contribution in [0.3, 0.4) is 0 Å². The van der Waals surface area contributed by atoms with Crippen molar-refractivity contribution in [2.75, 3.05) is 31.9 Å². The van der Waals surface area contributed by atoms with Gasteiger partial charge in [0.05, 0.1) is 23.8 Å². The smallest absolute Gasteiger partial charge is 0.465 e. The molecule has 0 unspecified atom stereocenters. The highest BCUT2D eigenvalue weighted by molar-refractivity contribution is 7.99. The van der Waals surface area contributed by atoms with Gasteiger partial charge in [-0.15, -0.1) is 24.9 Å². The largest absolute Gasteiger partial charge is 0.573 e. The second-order valence-corrected chi connectivity index (χ2v) is 10.2. The second kappa shape index (κ2) is 11.2. The molecule has 3 aromatic rings. The Kier molecular flexibility index (Phi) is 8.20. The van der Waals surface area contributed by atoms with Gasteiger partial charge < -0.3 is 14.7 Å². The van der Waals surface area contributed by atoms with E-state index < -0.39 is 23.8 Å². The molecule has 37 heavy (non-hydrogen) atoms. The fourth-order valence-corrected chi connectivity index (χ4v) is 5.21. The van der Waals surface area contributed by atoms with Crippen LogP contribution in [-0.4, -0.2) is 68.8 Å². The maximum Gasteiger partial charge on any atom is 0.573 e. The summed E-state index contributed by atoms with van der Waals surface area (Å²) in [6.07, 6.45) is -4.58. The molecule has 0 bridgehead atoms. The van der Waals surface area contributed by atoms with Gasteiger partial charge in [-0.1, -0.05) is 18.5 Å². The maximum atomic E-state index is 13.4. The number of alkyl halides is 3. The van der Waals surface area contributed by atoms with Crippen molar-refractivity contribution in [3.63, 3.8) is 0 Å². The maximum absolute atomic E-state index is 13.4. The van der Waals surface area contributed by atoms with E-state index in [0.29, 0.717) is 23.7 Å². The molecular weight excluding hydrogens is 533 g/mol. The molecule has 0 saturated carbocycles. The standard InChI is InChI=1S/C24H24ClF3N4O4S/c1-2-37-20-4-3-17(25)9-15(20)13-32-14-29-21-16(12-30-5-7-31(8-6-30)23(34)35)10-18(36-24(26,27)28)11-19(21)22(32)33/h3-4,9-11,14H,2,5-8,12-13H2,1H3,(H,34,35). The van der Waals surface area contributed by atoms with Gasteiger partial charge in [-0.3, -0.25) is 14.3 Å². The number of carbonyl (C=O) groups is 1. The van der Waals surface area contributed by atoms with Crippen molar-refractivity contribution in [3.05, 3.63) is 63.2 Å². The molecule has 1 N–H and O–H groups in total. The molecule has 1 saturated heterocycles. The highest BCUT2D eigenvalue weighted by Gasteiger charge is 2.32. The summed E-state index contributed by atoms with van der Waals surface area (Å²) in [4.78, 5) is 33.2. The monoisotopic (exact) mass is 556 g/mol. The van der Waals surface area contributed by atoms with E-state index in [2.05, 4.69) is 9.72 Å². The van der Waals surface area contributed by atoms with E-state index in [4.69, 9.17) is 16.7 Å². The number of aromatic nitrogens is 2. The average Bonchev–Trinajstić information content (AvgIpc) is 2.82. The lowest BCUT2D eigenvalue weighted by Gasteiger charge is -2.33. The van der Waals surface area contributed by atoms with Gasteiger partial charge in [0.25, 0.3) is 5.56 Å². The quantitative estimate of drug-likeness (QED) is 0.414. The predicted molar refractivity (Wildman–Crippen MR) is 135 cm³/mol. The number of piperazine rings is 1. The summed E-state index contributed by atoms with van der Waals surface area (Å²) < 4.78 is 44.7. The Balaban J connectivity index is 1.72. The number of carboxylic acid groups (broad SMARTS) is 1. The number of hydrogen-bond acceptors (Lipinski definition) is 6. The summed E-state index contributed by atoms with van der Waals surface area (Å²) >= 11 is 7.75. The van der Waals surface area contributed by atoms with E-state index >= 15 is 0 Å². The Morgan fingerprint density at radius 3 is 2.51 bits per heavy atom. The van der Waals surface area contributed by atoms with Crippen molar-refractivity contribution in [1.29, 1.82) is 0 Å². The first-order chi connectivity index (χ1) is 17.5. The number of nitrogens with zero attached hydrogens (tertiary/aromatic N) is 4. The minimum Gasteiger partial charge on any atom is -0.465 e. The number of amides is 1. The van der Waals surface area contributed by atoms with E-state index in [9.17, 15) is 22.8 Å². The van der Waals surface area contributed by atoms with Crippen LogP contribution in [0.1, 0.15) is 18.1 Å². The van der Waals surface area contributed by atoms with Crippen LogP contribution < -0.4 is 10.3 Å². The molecule has 0 aliphatic carbocycles. The number of ether oxygens (including phenoxy) is 1. The van der Waals surface area contributed by atoms with Crippen LogP contribution in [0.25, 0.3) is 10.9 Å². The molecule has 1 aromatic heterocycles. The Hall–Kier alpha value is -2.96. The van der Waals surface area contributed by atoms with Crippen molar-refractivity contribution in [2.45, 2.75) is 31.3 Å². The van der Waals surface area contributed by atoms with E-state index in [1.165, 1.54) is 21.9 Å². The molecule has 1 amide bonds. The van der Waals surface area contributed by atoms with Gasteiger partial charge >= 0.3 is 12.5 Å². The number of benzene rings is 2. The minimum atomic E-state index is -4.94. The lowest BCUT2D eigenvalue weighted by atomic mass is 10.1. The first-order valence-corrected chi connectivity index (χ1v) is 12.8. The van der Waals surface area contributed by atoms with Gasteiger partial charge in [0.1, 0.15) is 5.75 Å². The van der Waals surface area contributed by atoms with Crippen LogP contribution in [0.5, 0.6) is 5.75 Å². The molecule has 2 aromatic carbocycles. The summed E-state index contributed by atoms with van der Waals surface area (Å²) in [5, 5.41) is 9.65. The van der Waals surface area contributed by atoms with Crippen molar-refractivity contribution >= 4 is 40.4 Å². The summed E-state index contributed by atoms with van der Waals surface area (Å²) in [6, 6.07) is 7.65. The Morgan fingerprint density at radius 1 is 1.14 bits per heavy atom. The van der Waals surface area contributed by atoms with Crippen LogP contribution in [0, 0.1) is 0 Å². The summed E-state index contributed by atoms with van der Waals surface area (Å²) in [7, 11) is 0. The van der Waals surface area contributed by atoms with Gasteiger partial charge in [-0.05, 0) is 47.2 Å². The van der Waals surface area contributed by atoms with Crippen LogP contribution >= 0.6 is 23.4 Å². The number of rotatable bonds is 7. The molecule has 1 aliphatic rings. The minimum absolute atomic E-state index is 0.00450. The lowest BCUT2D eigenvalue weighted by molar-refractivity contribution is -0.274. The predicted octanol–water partition coefficient (Wildman–Crippen LogP) is 4.90. The van der Waals surface area contributed by atoms with Gasteiger partial charge in [0.2, 0.25) is 0 Å². The van der Waals surface area contributed by atoms with Gasteiger partial charge in [0.15, 0.2) is 0 Å². The Labute approximate surface area is 219 Å². The van der Waals surface area contributed by atoms with Crippen molar-refractivity contribution in [1.82, 2.24) is 19.4 Å². The number of halogens is 4. The Morgan fingerprint density at radius 2 is 1.86 bits per heavy atom. The molecular formula is C24H24ClF3N4O4S. The zero-order valence-electron chi connectivity index (χ0n) is 19.8. The number of fused-ring (bicyclic) bond motifs is 1. The SMILES string of the molecule is CCSc1ccc(Cl)cc1Cn1cnc2c(CN3CCN(C(=O)O)CC3)cc(OC(F)(F)F)cc2c1=O. The van der Waals surface area contributed by atoms with E-state index in [1.54, 1.807) is 23.9 Å². The Bertz CT molecular complexity index is 1360. The number of hydrogen-bond donors (Lipinski definition) is 1.